The third-order valence-corrected chi connectivity index (χ3v) is 3.03. The number of nitrogens with two attached hydrogens (primary N) is 1. The fourth-order valence-electron chi connectivity index (χ4n) is 1.75. The second kappa shape index (κ2) is 5.14. The number of carbonyl (C=O) groups excluding carboxylic acids is 1. The van der Waals surface area contributed by atoms with Gasteiger partial charge in [-0.05, 0) is 32.9 Å². The largest absolute Gasteiger partial charge is 0.368 e. The van der Waals surface area contributed by atoms with E-state index in [0.717, 1.165) is 0 Å². The molecular weight excluding hydrogens is 287 g/mol. The summed E-state index contributed by atoms with van der Waals surface area (Å²) in [5, 5.41) is 3.00. The van der Waals surface area contributed by atoms with Crippen molar-refractivity contribution < 1.29 is 9.18 Å². The molecule has 17 heavy (non-hydrogen) atoms. The van der Waals surface area contributed by atoms with E-state index in [1.165, 1.54) is 6.07 Å². The molecule has 0 aromatic heterocycles. The molecule has 0 saturated heterocycles. The number of benzene rings is 1. The molecule has 3 N–H and O–H groups in total. The van der Waals surface area contributed by atoms with Crippen LogP contribution in [-0.4, -0.2) is 11.9 Å². The van der Waals surface area contributed by atoms with Crippen molar-refractivity contribution in [1.82, 2.24) is 5.32 Å². The van der Waals surface area contributed by atoms with Crippen LogP contribution in [0.5, 0.6) is 0 Å². The summed E-state index contributed by atoms with van der Waals surface area (Å²) in [5.41, 5.74) is 4.42. The van der Waals surface area contributed by atoms with Crippen LogP contribution in [0.3, 0.4) is 0 Å². The number of rotatable bonds is 4. The van der Waals surface area contributed by atoms with Gasteiger partial charge in [-0.3, -0.25) is 10.1 Å². The normalized spacial score (nSPS) is 14.7. The Morgan fingerprint density at radius 2 is 2.12 bits per heavy atom. The van der Waals surface area contributed by atoms with Gasteiger partial charge in [0, 0.05) is 16.1 Å². The predicted octanol–water partition coefficient (Wildman–Crippen LogP) is 2.29. The van der Waals surface area contributed by atoms with Crippen molar-refractivity contribution in [2.75, 3.05) is 0 Å². The van der Waals surface area contributed by atoms with Crippen molar-refractivity contribution in [3.63, 3.8) is 0 Å². The second-order valence-electron chi connectivity index (χ2n) is 4.41. The number of nitrogens with one attached hydrogen (secondary N) is 1. The molecule has 94 valence electrons. The third-order valence-electron chi connectivity index (χ3n) is 2.54. The molecule has 0 radical (unpaired) electrons. The first-order valence-electron chi connectivity index (χ1n) is 5.30. The van der Waals surface area contributed by atoms with Crippen LogP contribution in [-0.2, 0) is 10.3 Å². The summed E-state index contributed by atoms with van der Waals surface area (Å²) in [7, 11) is 0. The molecule has 1 aromatic carbocycles. The highest BCUT2D eigenvalue weighted by atomic mass is 79.9. The number of hydrogen-bond donors (Lipinski definition) is 2. The van der Waals surface area contributed by atoms with Gasteiger partial charge in [-0.1, -0.05) is 22.0 Å². The third kappa shape index (κ3) is 3.04. The second-order valence-corrected chi connectivity index (χ2v) is 5.33. The van der Waals surface area contributed by atoms with Crippen LogP contribution >= 0.6 is 15.9 Å². The summed E-state index contributed by atoms with van der Waals surface area (Å²) in [5.74, 6) is -1.07. The van der Waals surface area contributed by atoms with Crippen LogP contribution in [0, 0.1) is 5.82 Å². The van der Waals surface area contributed by atoms with E-state index < -0.39 is 17.3 Å². The molecular formula is C12H16BrFN2O. The topological polar surface area (TPSA) is 55.1 Å². The van der Waals surface area contributed by atoms with E-state index in [1.54, 1.807) is 19.1 Å². The van der Waals surface area contributed by atoms with Gasteiger partial charge < -0.3 is 5.73 Å². The molecule has 0 aliphatic rings. The molecule has 1 atom stereocenters. The zero-order valence-corrected chi connectivity index (χ0v) is 11.6. The molecule has 1 unspecified atom stereocenters. The minimum atomic E-state index is -1.21. The lowest BCUT2D eigenvalue weighted by atomic mass is 9.90. The van der Waals surface area contributed by atoms with E-state index >= 15 is 0 Å². The number of carbonyl (C=O) groups is 1. The Labute approximate surface area is 109 Å². The van der Waals surface area contributed by atoms with Crippen molar-refractivity contribution in [1.29, 1.82) is 0 Å². The fourth-order valence-corrected chi connectivity index (χ4v) is 2.09. The van der Waals surface area contributed by atoms with Gasteiger partial charge in [0.15, 0.2) is 0 Å². The molecule has 0 aliphatic heterocycles. The summed E-state index contributed by atoms with van der Waals surface area (Å²) in [6.45, 7) is 5.33. The Bertz CT molecular complexity index is 437. The van der Waals surface area contributed by atoms with Crippen molar-refractivity contribution in [2.24, 2.45) is 5.73 Å². The van der Waals surface area contributed by atoms with Crippen molar-refractivity contribution >= 4 is 21.8 Å². The molecule has 0 heterocycles. The van der Waals surface area contributed by atoms with Gasteiger partial charge in [0.25, 0.3) is 0 Å². The summed E-state index contributed by atoms with van der Waals surface area (Å²) >= 11 is 3.17. The van der Waals surface area contributed by atoms with E-state index in [-0.39, 0.29) is 11.6 Å². The Morgan fingerprint density at radius 3 is 2.53 bits per heavy atom. The number of amides is 1. The highest BCUT2D eigenvalue weighted by Crippen LogP contribution is 2.26. The van der Waals surface area contributed by atoms with Gasteiger partial charge in [0.05, 0.1) is 0 Å². The molecule has 0 fully saturated rings. The van der Waals surface area contributed by atoms with Crippen LogP contribution in [0.1, 0.15) is 26.3 Å². The Kier molecular flexibility index (Phi) is 4.27. The standard InChI is InChI=1S/C12H16BrFN2O/c1-7(2)16-12(3,11(15)17)9-5-4-8(13)6-10(9)14/h4-7,16H,1-3H3,(H2,15,17). The molecule has 0 spiro atoms. The smallest absolute Gasteiger partial charge is 0.242 e. The van der Waals surface area contributed by atoms with Gasteiger partial charge in [0.2, 0.25) is 5.91 Å². The van der Waals surface area contributed by atoms with E-state index in [1.807, 2.05) is 13.8 Å². The molecule has 0 bridgehead atoms. The highest BCUT2D eigenvalue weighted by molar-refractivity contribution is 9.10. The van der Waals surface area contributed by atoms with Crippen molar-refractivity contribution in [3.05, 3.63) is 34.1 Å². The van der Waals surface area contributed by atoms with Gasteiger partial charge in [0.1, 0.15) is 11.4 Å². The van der Waals surface area contributed by atoms with Crippen molar-refractivity contribution in [2.45, 2.75) is 32.4 Å². The average Bonchev–Trinajstić information content (AvgIpc) is 2.15. The summed E-state index contributed by atoms with van der Waals surface area (Å²) in [6, 6.07) is 4.57. The minimum absolute atomic E-state index is 0.00977. The molecule has 0 aliphatic carbocycles. The molecule has 3 nitrogen and oxygen atoms in total. The summed E-state index contributed by atoms with van der Waals surface area (Å²) < 4.78 is 14.5. The van der Waals surface area contributed by atoms with Gasteiger partial charge in [-0.2, -0.15) is 0 Å². The van der Waals surface area contributed by atoms with Crippen molar-refractivity contribution in [3.8, 4) is 0 Å². The Morgan fingerprint density at radius 1 is 1.53 bits per heavy atom. The molecule has 1 aromatic rings. The minimum Gasteiger partial charge on any atom is -0.368 e. The maximum Gasteiger partial charge on any atom is 0.242 e. The summed E-state index contributed by atoms with van der Waals surface area (Å²) in [4.78, 5) is 11.6. The Balaban J connectivity index is 3.27. The zero-order chi connectivity index (χ0) is 13.2. The number of halogens is 2. The summed E-state index contributed by atoms with van der Waals surface area (Å²) in [6.07, 6.45) is 0. The lowest BCUT2D eigenvalue weighted by Gasteiger charge is -2.30. The molecule has 1 amide bonds. The SMILES string of the molecule is CC(C)NC(C)(C(N)=O)c1ccc(Br)cc1F. The lowest BCUT2D eigenvalue weighted by Crippen LogP contribution is -2.53. The number of hydrogen-bond acceptors (Lipinski definition) is 2. The van der Waals surface area contributed by atoms with Crippen LogP contribution in [0.2, 0.25) is 0 Å². The Hall–Kier alpha value is -0.940. The van der Waals surface area contributed by atoms with E-state index in [4.69, 9.17) is 5.73 Å². The predicted molar refractivity (Wildman–Crippen MR) is 68.9 cm³/mol. The van der Waals surface area contributed by atoms with Gasteiger partial charge >= 0.3 is 0 Å². The first-order chi connectivity index (χ1) is 7.77. The van der Waals surface area contributed by atoms with Gasteiger partial charge in [-0.15, -0.1) is 0 Å². The quantitative estimate of drug-likeness (QED) is 0.896. The molecule has 1 rings (SSSR count). The highest BCUT2D eigenvalue weighted by Gasteiger charge is 2.35. The molecule has 5 heteroatoms. The zero-order valence-electron chi connectivity index (χ0n) is 10.1. The van der Waals surface area contributed by atoms with E-state index in [2.05, 4.69) is 21.2 Å². The number of primary amides is 1. The maximum atomic E-state index is 13.9. The van der Waals surface area contributed by atoms with Crippen LogP contribution < -0.4 is 11.1 Å². The maximum absolute atomic E-state index is 13.9. The first-order valence-corrected chi connectivity index (χ1v) is 6.10. The van der Waals surface area contributed by atoms with Crippen LogP contribution in [0.15, 0.2) is 22.7 Å². The van der Waals surface area contributed by atoms with Crippen LogP contribution in [0.25, 0.3) is 0 Å². The van der Waals surface area contributed by atoms with E-state index in [0.29, 0.717) is 4.47 Å². The fraction of sp³-hybridized carbons (Fsp3) is 0.417. The van der Waals surface area contributed by atoms with Crippen LogP contribution in [0.4, 0.5) is 4.39 Å². The lowest BCUT2D eigenvalue weighted by molar-refractivity contribution is -0.124. The average molecular weight is 303 g/mol. The first kappa shape index (κ1) is 14.1. The van der Waals surface area contributed by atoms with E-state index in [9.17, 15) is 9.18 Å². The molecule has 0 saturated carbocycles. The monoisotopic (exact) mass is 302 g/mol. The van der Waals surface area contributed by atoms with Gasteiger partial charge in [-0.25, -0.2) is 4.39 Å².